The molecule has 6 heteroatoms. The third-order valence-electron chi connectivity index (χ3n) is 4.17. The Morgan fingerprint density at radius 3 is 2.71 bits per heavy atom. The molecular formula is C18H18BrNO3S. The predicted molar refractivity (Wildman–Crippen MR) is 98.7 cm³/mol. The van der Waals surface area contributed by atoms with Crippen molar-refractivity contribution < 1.29 is 14.7 Å². The van der Waals surface area contributed by atoms with Crippen molar-refractivity contribution in [2.75, 3.05) is 11.4 Å². The molecule has 1 aliphatic rings. The number of thiophene rings is 1. The summed E-state index contributed by atoms with van der Waals surface area (Å²) in [4.78, 5) is 28.6. The number of benzene rings is 1. The SMILES string of the molecule is CCCN1C(=O)[C@](O)(CC(=O)c2ccc(C)s2)c2cc(Br)ccc21. The predicted octanol–water partition coefficient (Wildman–Crippen LogP) is 4.04. The van der Waals surface area contributed by atoms with Crippen molar-refractivity contribution in [2.24, 2.45) is 0 Å². The van der Waals surface area contributed by atoms with E-state index < -0.39 is 11.5 Å². The number of aliphatic hydroxyl groups is 1. The van der Waals surface area contributed by atoms with Crippen molar-refractivity contribution in [1.29, 1.82) is 0 Å². The van der Waals surface area contributed by atoms with Gasteiger partial charge >= 0.3 is 0 Å². The minimum absolute atomic E-state index is 0.215. The zero-order valence-electron chi connectivity index (χ0n) is 13.5. The second-order valence-corrected chi connectivity index (χ2v) is 8.19. The van der Waals surface area contributed by atoms with E-state index >= 15 is 0 Å². The smallest absolute Gasteiger partial charge is 0.264 e. The Bertz CT molecular complexity index is 816. The summed E-state index contributed by atoms with van der Waals surface area (Å²) in [6.45, 7) is 4.41. The number of fused-ring (bicyclic) bond motifs is 1. The molecule has 126 valence electrons. The number of aryl methyl sites for hydroxylation is 1. The second-order valence-electron chi connectivity index (χ2n) is 5.99. The van der Waals surface area contributed by atoms with Gasteiger partial charge < -0.3 is 10.0 Å². The van der Waals surface area contributed by atoms with Crippen molar-refractivity contribution in [3.05, 3.63) is 50.1 Å². The second kappa shape index (κ2) is 6.43. The maximum absolute atomic E-state index is 12.9. The molecule has 1 N–H and O–H groups in total. The molecule has 0 fully saturated rings. The molecule has 1 atom stereocenters. The zero-order chi connectivity index (χ0) is 17.5. The number of anilines is 1. The van der Waals surface area contributed by atoms with Gasteiger partial charge in [-0.15, -0.1) is 11.3 Å². The maximum atomic E-state index is 12.9. The molecule has 1 amide bonds. The van der Waals surface area contributed by atoms with Gasteiger partial charge in [0.05, 0.1) is 17.0 Å². The number of hydrogen-bond acceptors (Lipinski definition) is 4. The fourth-order valence-corrected chi connectivity index (χ4v) is 4.21. The van der Waals surface area contributed by atoms with Gasteiger partial charge in [-0.2, -0.15) is 0 Å². The van der Waals surface area contributed by atoms with Gasteiger partial charge in [-0.1, -0.05) is 22.9 Å². The summed E-state index contributed by atoms with van der Waals surface area (Å²) in [5, 5.41) is 11.1. The third kappa shape index (κ3) is 2.83. The first-order valence-corrected chi connectivity index (χ1v) is 9.41. The van der Waals surface area contributed by atoms with E-state index in [0.29, 0.717) is 22.7 Å². The molecule has 2 heterocycles. The molecule has 4 nitrogen and oxygen atoms in total. The van der Waals surface area contributed by atoms with Crippen LogP contribution < -0.4 is 4.90 Å². The first-order chi connectivity index (χ1) is 11.4. The minimum Gasteiger partial charge on any atom is -0.375 e. The van der Waals surface area contributed by atoms with Gasteiger partial charge in [0.15, 0.2) is 11.4 Å². The molecule has 0 bridgehead atoms. The maximum Gasteiger partial charge on any atom is 0.264 e. The molecule has 0 saturated carbocycles. The Kier molecular flexibility index (Phi) is 4.64. The van der Waals surface area contributed by atoms with Crippen molar-refractivity contribution in [3.63, 3.8) is 0 Å². The highest BCUT2D eigenvalue weighted by molar-refractivity contribution is 9.10. The van der Waals surface area contributed by atoms with Crippen LogP contribution in [0.15, 0.2) is 34.8 Å². The molecule has 1 aromatic carbocycles. The van der Waals surface area contributed by atoms with Crippen LogP contribution in [0, 0.1) is 6.92 Å². The van der Waals surface area contributed by atoms with Gasteiger partial charge in [0.1, 0.15) is 0 Å². The van der Waals surface area contributed by atoms with Crippen LogP contribution in [-0.4, -0.2) is 23.3 Å². The quantitative estimate of drug-likeness (QED) is 0.760. The van der Waals surface area contributed by atoms with Gasteiger partial charge in [0.25, 0.3) is 5.91 Å². The van der Waals surface area contributed by atoms with Crippen LogP contribution in [0.25, 0.3) is 0 Å². The number of hydrogen-bond donors (Lipinski definition) is 1. The number of nitrogens with zero attached hydrogens (tertiary/aromatic N) is 1. The summed E-state index contributed by atoms with van der Waals surface area (Å²) < 4.78 is 0.769. The number of carbonyl (C=O) groups excluding carboxylic acids is 2. The molecular weight excluding hydrogens is 390 g/mol. The Hall–Kier alpha value is -1.50. The number of halogens is 1. The number of carbonyl (C=O) groups is 2. The van der Waals surface area contributed by atoms with E-state index in [0.717, 1.165) is 15.8 Å². The summed E-state index contributed by atoms with van der Waals surface area (Å²) in [6.07, 6.45) is 0.533. The molecule has 0 spiro atoms. The Morgan fingerprint density at radius 2 is 2.08 bits per heavy atom. The van der Waals surface area contributed by atoms with Gasteiger partial charge in [0, 0.05) is 21.5 Å². The van der Waals surface area contributed by atoms with Crippen molar-refractivity contribution in [2.45, 2.75) is 32.3 Å². The highest BCUT2D eigenvalue weighted by Crippen LogP contribution is 2.44. The van der Waals surface area contributed by atoms with E-state index in [4.69, 9.17) is 0 Å². The number of rotatable bonds is 5. The van der Waals surface area contributed by atoms with E-state index in [-0.39, 0.29) is 12.2 Å². The van der Waals surface area contributed by atoms with Crippen molar-refractivity contribution >= 4 is 44.6 Å². The van der Waals surface area contributed by atoms with Crippen LogP contribution in [0.1, 0.15) is 39.9 Å². The summed E-state index contributed by atoms with van der Waals surface area (Å²) in [5.74, 6) is -0.632. The molecule has 24 heavy (non-hydrogen) atoms. The van der Waals surface area contributed by atoms with E-state index in [2.05, 4.69) is 15.9 Å². The molecule has 0 saturated heterocycles. The fraction of sp³-hybridized carbons (Fsp3) is 0.333. The first-order valence-electron chi connectivity index (χ1n) is 7.81. The van der Waals surface area contributed by atoms with Crippen LogP contribution >= 0.6 is 27.3 Å². The summed E-state index contributed by atoms with van der Waals surface area (Å²) in [7, 11) is 0. The number of Topliss-reactive ketones (excluding diaryl/α,β-unsaturated/α-hetero) is 1. The zero-order valence-corrected chi connectivity index (χ0v) is 15.9. The third-order valence-corrected chi connectivity index (χ3v) is 5.71. The van der Waals surface area contributed by atoms with E-state index in [9.17, 15) is 14.7 Å². The lowest BCUT2D eigenvalue weighted by Gasteiger charge is -2.22. The van der Waals surface area contributed by atoms with Crippen LogP contribution in [0.2, 0.25) is 0 Å². The van der Waals surface area contributed by atoms with E-state index in [1.54, 1.807) is 17.0 Å². The van der Waals surface area contributed by atoms with Gasteiger partial charge in [-0.05, 0) is 43.7 Å². The highest BCUT2D eigenvalue weighted by atomic mass is 79.9. The lowest BCUT2D eigenvalue weighted by Crippen LogP contribution is -2.42. The molecule has 3 rings (SSSR count). The molecule has 0 aliphatic carbocycles. The minimum atomic E-state index is -1.80. The molecule has 1 aliphatic heterocycles. The Labute approximate surface area is 153 Å². The first kappa shape index (κ1) is 17.3. The van der Waals surface area contributed by atoms with Crippen LogP contribution in [0.4, 0.5) is 5.69 Å². The molecule has 1 aromatic heterocycles. The Morgan fingerprint density at radius 1 is 1.33 bits per heavy atom. The van der Waals surface area contributed by atoms with Gasteiger partial charge in [-0.25, -0.2) is 0 Å². The van der Waals surface area contributed by atoms with Crippen molar-refractivity contribution in [1.82, 2.24) is 0 Å². The monoisotopic (exact) mass is 407 g/mol. The van der Waals surface area contributed by atoms with E-state index in [1.165, 1.54) is 11.3 Å². The average molecular weight is 408 g/mol. The van der Waals surface area contributed by atoms with Crippen LogP contribution in [0.5, 0.6) is 0 Å². The van der Waals surface area contributed by atoms with Crippen molar-refractivity contribution in [3.8, 4) is 0 Å². The number of ketones is 1. The molecule has 2 aromatic rings. The Balaban J connectivity index is 2.01. The lowest BCUT2D eigenvalue weighted by atomic mass is 9.89. The lowest BCUT2D eigenvalue weighted by molar-refractivity contribution is -0.135. The highest BCUT2D eigenvalue weighted by Gasteiger charge is 2.50. The summed E-state index contributed by atoms with van der Waals surface area (Å²) in [5.41, 5.74) is -0.622. The standard InChI is InChI=1S/C18H18BrNO3S/c1-3-8-20-14-6-5-12(19)9-13(14)18(23,17(20)22)10-15(21)16-7-4-11(2)24-16/h4-7,9,23H,3,8,10H2,1-2H3/t18-/m0/s1. The van der Waals surface area contributed by atoms with Gasteiger partial charge in [-0.3, -0.25) is 9.59 Å². The summed E-state index contributed by atoms with van der Waals surface area (Å²) >= 11 is 4.77. The largest absolute Gasteiger partial charge is 0.375 e. The topological polar surface area (TPSA) is 57.6 Å². The van der Waals surface area contributed by atoms with Crippen LogP contribution in [0.3, 0.4) is 0 Å². The van der Waals surface area contributed by atoms with Gasteiger partial charge in [0.2, 0.25) is 0 Å². The normalized spacial score (nSPS) is 19.7. The molecule has 0 unspecified atom stereocenters. The molecule has 0 radical (unpaired) electrons. The number of amides is 1. The average Bonchev–Trinajstić information content (AvgIpc) is 3.05. The summed E-state index contributed by atoms with van der Waals surface area (Å²) in [6, 6.07) is 8.99. The fourth-order valence-electron chi connectivity index (χ4n) is 3.04. The van der Waals surface area contributed by atoms with Crippen LogP contribution in [-0.2, 0) is 10.4 Å². The van der Waals surface area contributed by atoms with E-state index in [1.807, 2.05) is 32.0 Å².